The monoisotopic (exact) mass is 472 g/mol. The van der Waals surface area contributed by atoms with Crippen LogP contribution in [0.2, 0.25) is 0 Å². The van der Waals surface area contributed by atoms with Crippen LogP contribution in [0.1, 0.15) is 67.2 Å². The standard InChI is InChI=1S/C13H21N3O3.C7H15NO2.2C2H6/c1-3-13(17)9(2)6-7-15-11-5-4-10(14)8-12(11)16(18)19;1-8-3-2-7(10)4-6(8)5-9;2*1-2/h4-5,8-9,13,15,17H,3,6-7,14H2,1-2H3;6-7,9-10H,2-5H2,1H3;2*1-2H3. The lowest BCUT2D eigenvalue weighted by atomic mass is 9.99. The molecule has 1 aliphatic rings. The number of rotatable bonds is 8. The zero-order chi connectivity index (χ0) is 26.0. The molecule has 0 saturated carbocycles. The second-order valence-electron chi connectivity index (χ2n) is 7.70. The largest absolute Gasteiger partial charge is 0.399 e. The van der Waals surface area contributed by atoms with Crippen LogP contribution in [0, 0.1) is 16.0 Å². The summed E-state index contributed by atoms with van der Waals surface area (Å²) in [5, 5.41) is 41.6. The molecule has 0 bridgehead atoms. The van der Waals surface area contributed by atoms with E-state index < -0.39 is 4.92 Å². The molecule has 1 saturated heterocycles. The highest BCUT2D eigenvalue weighted by molar-refractivity contribution is 5.66. The zero-order valence-corrected chi connectivity index (χ0v) is 21.6. The first-order valence-corrected chi connectivity index (χ1v) is 12.1. The smallest absolute Gasteiger partial charge is 0.294 e. The molecule has 9 nitrogen and oxygen atoms in total. The van der Waals surface area contributed by atoms with Gasteiger partial charge >= 0.3 is 0 Å². The number of nitrogens with two attached hydrogens (primary N) is 1. The fraction of sp³-hybridized carbons (Fsp3) is 0.750. The van der Waals surface area contributed by atoms with Gasteiger partial charge in [-0.3, -0.25) is 10.1 Å². The van der Waals surface area contributed by atoms with Crippen molar-refractivity contribution in [1.29, 1.82) is 0 Å². The number of likely N-dealkylation sites (tertiary alicyclic amines) is 1. The average Bonchev–Trinajstić information content (AvgIpc) is 2.83. The molecule has 194 valence electrons. The summed E-state index contributed by atoms with van der Waals surface area (Å²) in [5.41, 5.74) is 6.33. The summed E-state index contributed by atoms with van der Waals surface area (Å²) in [5.74, 6) is 0.158. The number of nitrogen functional groups attached to an aromatic ring is 1. The number of hydrogen-bond donors (Lipinski definition) is 5. The molecule has 1 aromatic carbocycles. The molecule has 1 fully saturated rings. The second-order valence-corrected chi connectivity index (χ2v) is 7.70. The van der Waals surface area contributed by atoms with Gasteiger partial charge in [0, 0.05) is 30.9 Å². The van der Waals surface area contributed by atoms with Gasteiger partial charge in [-0.2, -0.15) is 0 Å². The van der Waals surface area contributed by atoms with Crippen molar-refractivity contribution in [2.24, 2.45) is 5.92 Å². The lowest BCUT2D eigenvalue weighted by Crippen LogP contribution is -2.43. The van der Waals surface area contributed by atoms with Gasteiger partial charge < -0.3 is 31.3 Å². The quantitative estimate of drug-likeness (QED) is 0.218. The van der Waals surface area contributed by atoms with Gasteiger partial charge in [0.1, 0.15) is 5.69 Å². The summed E-state index contributed by atoms with van der Waals surface area (Å²) in [4.78, 5) is 12.5. The Morgan fingerprint density at radius 1 is 1.30 bits per heavy atom. The molecule has 0 amide bonds. The Bertz CT molecular complexity index is 633. The van der Waals surface area contributed by atoms with E-state index in [4.69, 9.17) is 10.8 Å². The van der Waals surface area contributed by atoms with E-state index in [1.807, 2.05) is 48.6 Å². The minimum Gasteiger partial charge on any atom is -0.399 e. The van der Waals surface area contributed by atoms with Crippen LogP contribution in [0.5, 0.6) is 0 Å². The summed E-state index contributed by atoms with van der Waals surface area (Å²) in [6.07, 6.45) is 2.48. The fourth-order valence-electron chi connectivity index (χ4n) is 3.24. The molecular weight excluding hydrogens is 424 g/mol. The van der Waals surface area contributed by atoms with E-state index in [-0.39, 0.29) is 36.5 Å². The van der Waals surface area contributed by atoms with E-state index in [0.717, 1.165) is 19.4 Å². The summed E-state index contributed by atoms with van der Waals surface area (Å²) in [6.45, 7) is 13.5. The number of hydrogen-bond acceptors (Lipinski definition) is 8. The van der Waals surface area contributed by atoms with Crippen molar-refractivity contribution in [3.63, 3.8) is 0 Å². The second kappa shape index (κ2) is 19.5. The van der Waals surface area contributed by atoms with E-state index in [1.54, 1.807) is 12.1 Å². The van der Waals surface area contributed by atoms with Crippen molar-refractivity contribution in [3.05, 3.63) is 28.3 Å². The zero-order valence-electron chi connectivity index (χ0n) is 21.6. The SMILES string of the molecule is CC.CC.CCC(O)C(C)CCNc1ccc(N)cc1[N+](=O)[O-].CN1CCC(O)CC1CO. The highest BCUT2D eigenvalue weighted by Gasteiger charge is 2.23. The predicted molar refractivity (Wildman–Crippen MR) is 138 cm³/mol. The third-order valence-electron chi connectivity index (χ3n) is 5.40. The molecule has 1 aromatic rings. The topological polar surface area (TPSA) is 145 Å². The Morgan fingerprint density at radius 2 is 1.91 bits per heavy atom. The maximum atomic E-state index is 10.9. The molecule has 0 aromatic heterocycles. The summed E-state index contributed by atoms with van der Waals surface area (Å²) >= 11 is 0. The van der Waals surface area contributed by atoms with Crippen molar-refractivity contribution in [2.45, 2.75) is 85.5 Å². The van der Waals surface area contributed by atoms with Crippen LogP contribution in [0.25, 0.3) is 0 Å². The molecule has 33 heavy (non-hydrogen) atoms. The number of nitro benzene ring substituents is 1. The lowest BCUT2D eigenvalue weighted by molar-refractivity contribution is -0.383. The highest BCUT2D eigenvalue weighted by Crippen LogP contribution is 2.26. The molecule has 0 aliphatic carbocycles. The summed E-state index contributed by atoms with van der Waals surface area (Å²) < 4.78 is 0. The highest BCUT2D eigenvalue weighted by atomic mass is 16.6. The first-order valence-electron chi connectivity index (χ1n) is 12.1. The van der Waals surface area contributed by atoms with Crippen molar-refractivity contribution in [2.75, 3.05) is 37.8 Å². The third-order valence-corrected chi connectivity index (χ3v) is 5.40. The van der Waals surface area contributed by atoms with E-state index in [1.165, 1.54) is 6.07 Å². The number of nitrogens with zero attached hydrogens (tertiary/aromatic N) is 2. The fourth-order valence-corrected chi connectivity index (χ4v) is 3.24. The van der Waals surface area contributed by atoms with Crippen molar-refractivity contribution >= 4 is 17.1 Å². The Kier molecular flexibility index (Phi) is 19.7. The normalized spacial score (nSPS) is 19.3. The number of aliphatic hydroxyl groups is 3. The van der Waals surface area contributed by atoms with Gasteiger partial charge in [-0.05, 0) is 50.8 Å². The van der Waals surface area contributed by atoms with Crippen LogP contribution in [0.4, 0.5) is 17.1 Å². The van der Waals surface area contributed by atoms with E-state index in [9.17, 15) is 20.3 Å². The predicted octanol–water partition coefficient (Wildman–Crippen LogP) is 3.87. The lowest BCUT2D eigenvalue weighted by Gasteiger charge is -2.33. The first-order chi connectivity index (χ1) is 15.7. The third kappa shape index (κ3) is 13.4. The van der Waals surface area contributed by atoms with Gasteiger partial charge in [0.25, 0.3) is 5.69 Å². The molecule has 2 rings (SSSR count). The number of nitrogens with one attached hydrogen (secondary N) is 1. The van der Waals surface area contributed by atoms with Crippen molar-refractivity contribution in [1.82, 2.24) is 4.90 Å². The number of likely N-dealkylation sites (N-methyl/N-ethyl adjacent to an activating group) is 1. The van der Waals surface area contributed by atoms with E-state index in [0.29, 0.717) is 30.8 Å². The van der Waals surface area contributed by atoms with Crippen molar-refractivity contribution in [3.8, 4) is 0 Å². The molecule has 4 unspecified atom stereocenters. The van der Waals surface area contributed by atoms with E-state index >= 15 is 0 Å². The molecular formula is C24H48N4O5. The van der Waals surface area contributed by atoms with Crippen LogP contribution < -0.4 is 11.1 Å². The first kappa shape index (κ1) is 33.2. The van der Waals surface area contributed by atoms with Gasteiger partial charge in [-0.25, -0.2) is 0 Å². The molecule has 6 N–H and O–H groups in total. The van der Waals surface area contributed by atoms with Crippen LogP contribution in [-0.4, -0.2) is 70.1 Å². The average molecular weight is 473 g/mol. The van der Waals surface area contributed by atoms with Crippen LogP contribution in [0.15, 0.2) is 18.2 Å². The van der Waals surface area contributed by atoms with Gasteiger partial charge in [-0.15, -0.1) is 0 Å². The number of piperidine rings is 1. The molecule has 9 heteroatoms. The minimum absolute atomic E-state index is 0.0244. The Labute approximate surface area is 200 Å². The molecule has 0 radical (unpaired) electrons. The van der Waals surface area contributed by atoms with Crippen LogP contribution >= 0.6 is 0 Å². The van der Waals surface area contributed by atoms with Gasteiger partial charge in [0.15, 0.2) is 0 Å². The maximum absolute atomic E-state index is 10.9. The van der Waals surface area contributed by atoms with E-state index in [2.05, 4.69) is 10.2 Å². The Balaban J connectivity index is 0. The number of anilines is 2. The van der Waals surface area contributed by atoms with Crippen LogP contribution in [-0.2, 0) is 0 Å². The van der Waals surface area contributed by atoms with Gasteiger partial charge in [0.2, 0.25) is 0 Å². The van der Waals surface area contributed by atoms with Gasteiger partial charge in [-0.1, -0.05) is 41.5 Å². The van der Waals surface area contributed by atoms with Crippen molar-refractivity contribution < 1.29 is 20.2 Å². The minimum atomic E-state index is -0.455. The summed E-state index contributed by atoms with van der Waals surface area (Å²) in [6, 6.07) is 4.74. The molecule has 1 aliphatic heterocycles. The Hall–Kier alpha value is -1.94. The number of aliphatic hydroxyl groups excluding tert-OH is 3. The Morgan fingerprint density at radius 3 is 2.39 bits per heavy atom. The van der Waals surface area contributed by atoms with Gasteiger partial charge in [0.05, 0.1) is 23.7 Å². The number of nitro groups is 1. The molecule has 0 spiro atoms. The number of benzene rings is 1. The van der Waals surface area contributed by atoms with Crippen LogP contribution in [0.3, 0.4) is 0 Å². The maximum Gasteiger partial charge on any atom is 0.294 e. The molecule has 1 heterocycles. The summed E-state index contributed by atoms with van der Waals surface area (Å²) in [7, 11) is 1.98. The molecule has 4 atom stereocenters.